The molecule has 0 fully saturated rings. The first kappa shape index (κ1) is 14.0. The van der Waals surface area contributed by atoms with Gasteiger partial charge in [-0.1, -0.05) is 30.3 Å². The predicted octanol–water partition coefficient (Wildman–Crippen LogP) is 2.56. The van der Waals surface area contributed by atoms with E-state index in [9.17, 15) is 9.59 Å². The molecule has 0 spiro atoms. The molecule has 0 amide bonds. The highest BCUT2D eigenvalue weighted by molar-refractivity contribution is 5.89. The van der Waals surface area contributed by atoms with Crippen molar-refractivity contribution in [2.24, 2.45) is 0 Å². The van der Waals surface area contributed by atoms with E-state index in [0.717, 1.165) is 0 Å². The number of carbonyl (C=O) groups is 1. The summed E-state index contributed by atoms with van der Waals surface area (Å²) >= 11 is 0. The molecule has 2 aromatic carbocycles. The number of nitrogens with zero attached hydrogens (tertiary/aromatic N) is 2. The van der Waals surface area contributed by atoms with E-state index in [0.29, 0.717) is 16.6 Å². The maximum atomic E-state index is 12.8. The van der Waals surface area contributed by atoms with Crippen LogP contribution >= 0.6 is 0 Å². The van der Waals surface area contributed by atoms with Crippen LogP contribution in [0.3, 0.4) is 0 Å². The highest BCUT2D eigenvalue weighted by Crippen LogP contribution is 2.13. The van der Waals surface area contributed by atoms with Gasteiger partial charge in [0, 0.05) is 0 Å². The van der Waals surface area contributed by atoms with Crippen molar-refractivity contribution in [1.29, 1.82) is 0 Å². The average Bonchev–Trinajstić information content (AvgIpc) is 2.56. The van der Waals surface area contributed by atoms with E-state index in [1.54, 1.807) is 55.5 Å². The molecule has 5 heteroatoms. The molecule has 0 unspecified atom stereocenters. The lowest BCUT2D eigenvalue weighted by molar-refractivity contribution is 0.0508. The zero-order valence-corrected chi connectivity index (χ0v) is 12.0. The Morgan fingerprint density at radius 1 is 1.09 bits per heavy atom. The molecule has 3 rings (SSSR count). The molecule has 0 aliphatic heterocycles. The first-order valence-electron chi connectivity index (χ1n) is 6.96. The number of para-hydroxylation sites is 2. The Kier molecular flexibility index (Phi) is 3.70. The molecule has 0 radical (unpaired) electrons. The number of ether oxygens (including phenoxy) is 1. The summed E-state index contributed by atoms with van der Waals surface area (Å²) in [4.78, 5) is 29.3. The van der Waals surface area contributed by atoms with Crippen molar-refractivity contribution in [3.05, 3.63) is 70.8 Å². The van der Waals surface area contributed by atoms with Gasteiger partial charge in [0.15, 0.2) is 0 Å². The third kappa shape index (κ3) is 2.37. The Bertz CT molecular complexity index is 885. The second-order valence-corrected chi connectivity index (χ2v) is 4.65. The van der Waals surface area contributed by atoms with Crippen molar-refractivity contribution < 1.29 is 9.53 Å². The molecule has 0 saturated heterocycles. The molecule has 0 aliphatic rings. The monoisotopic (exact) mass is 294 g/mol. The van der Waals surface area contributed by atoms with Crippen LogP contribution in [0.1, 0.15) is 17.5 Å². The van der Waals surface area contributed by atoms with E-state index in [-0.39, 0.29) is 18.0 Å². The van der Waals surface area contributed by atoms with Crippen molar-refractivity contribution in [3.63, 3.8) is 0 Å². The molecule has 0 atom stereocenters. The van der Waals surface area contributed by atoms with Crippen LogP contribution < -0.4 is 5.56 Å². The Balaban J connectivity index is 2.36. The Morgan fingerprint density at radius 3 is 2.50 bits per heavy atom. The highest BCUT2D eigenvalue weighted by atomic mass is 16.5. The van der Waals surface area contributed by atoms with Crippen molar-refractivity contribution in [1.82, 2.24) is 9.55 Å². The SMILES string of the molecule is CCOC(=O)c1nc2ccccc2c(=O)n1-c1ccccc1. The van der Waals surface area contributed by atoms with Crippen LogP contribution in [0, 0.1) is 0 Å². The molecule has 110 valence electrons. The van der Waals surface area contributed by atoms with Crippen LogP contribution in [0.2, 0.25) is 0 Å². The summed E-state index contributed by atoms with van der Waals surface area (Å²) in [6, 6.07) is 15.9. The fourth-order valence-electron chi connectivity index (χ4n) is 2.28. The standard InChI is InChI=1S/C17H14N2O3/c1-2-22-17(21)15-18-14-11-7-6-10-13(14)16(20)19(15)12-8-4-3-5-9-12/h3-11H,2H2,1H3. The Labute approximate surface area is 126 Å². The van der Waals surface area contributed by atoms with Gasteiger partial charge in [0.1, 0.15) is 0 Å². The van der Waals surface area contributed by atoms with Crippen LogP contribution in [0.4, 0.5) is 0 Å². The summed E-state index contributed by atoms with van der Waals surface area (Å²) in [5.74, 6) is -0.633. The lowest BCUT2D eigenvalue weighted by Crippen LogP contribution is -2.27. The van der Waals surface area contributed by atoms with Crippen molar-refractivity contribution >= 4 is 16.9 Å². The van der Waals surface area contributed by atoms with Crippen LogP contribution in [0.15, 0.2) is 59.4 Å². The largest absolute Gasteiger partial charge is 0.460 e. The second kappa shape index (κ2) is 5.81. The normalized spacial score (nSPS) is 10.6. The van der Waals surface area contributed by atoms with Gasteiger partial charge in [-0.15, -0.1) is 0 Å². The fourth-order valence-corrected chi connectivity index (χ4v) is 2.28. The number of hydrogen-bond donors (Lipinski definition) is 0. The second-order valence-electron chi connectivity index (χ2n) is 4.65. The molecular weight excluding hydrogens is 280 g/mol. The van der Waals surface area contributed by atoms with Gasteiger partial charge in [-0.25, -0.2) is 9.78 Å². The van der Waals surface area contributed by atoms with Gasteiger partial charge in [-0.3, -0.25) is 9.36 Å². The third-order valence-corrected chi connectivity index (χ3v) is 3.25. The van der Waals surface area contributed by atoms with E-state index in [1.807, 2.05) is 6.07 Å². The summed E-state index contributed by atoms with van der Waals surface area (Å²) in [6.45, 7) is 1.93. The van der Waals surface area contributed by atoms with E-state index in [1.165, 1.54) is 4.57 Å². The molecule has 1 heterocycles. The van der Waals surface area contributed by atoms with Gasteiger partial charge < -0.3 is 4.74 Å². The van der Waals surface area contributed by atoms with Gasteiger partial charge in [0.05, 0.1) is 23.2 Å². The summed E-state index contributed by atoms with van der Waals surface area (Å²) in [7, 11) is 0. The molecule has 0 aliphatic carbocycles. The van der Waals surface area contributed by atoms with Gasteiger partial charge in [0.25, 0.3) is 5.56 Å². The minimum atomic E-state index is -0.616. The number of benzene rings is 2. The molecular formula is C17H14N2O3. The smallest absolute Gasteiger partial charge is 0.375 e. The lowest BCUT2D eigenvalue weighted by atomic mass is 10.2. The Morgan fingerprint density at radius 2 is 1.77 bits per heavy atom. The molecule has 0 bridgehead atoms. The van der Waals surface area contributed by atoms with Gasteiger partial charge >= 0.3 is 5.97 Å². The molecule has 0 saturated carbocycles. The zero-order chi connectivity index (χ0) is 15.5. The van der Waals surface area contributed by atoms with Crippen LogP contribution in [-0.4, -0.2) is 22.1 Å². The fraction of sp³-hybridized carbons (Fsp3) is 0.118. The quantitative estimate of drug-likeness (QED) is 0.697. The number of aromatic nitrogens is 2. The number of fused-ring (bicyclic) bond motifs is 1. The summed E-state index contributed by atoms with van der Waals surface area (Å²) in [6.07, 6.45) is 0. The summed E-state index contributed by atoms with van der Waals surface area (Å²) in [5, 5.41) is 0.458. The van der Waals surface area contributed by atoms with Crippen LogP contribution in [0.5, 0.6) is 0 Å². The van der Waals surface area contributed by atoms with Crippen molar-refractivity contribution in [2.45, 2.75) is 6.92 Å². The van der Waals surface area contributed by atoms with Crippen LogP contribution in [-0.2, 0) is 4.74 Å². The van der Waals surface area contributed by atoms with Gasteiger partial charge in [-0.2, -0.15) is 0 Å². The summed E-state index contributed by atoms with van der Waals surface area (Å²) in [5.41, 5.74) is 0.761. The topological polar surface area (TPSA) is 61.2 Å². The molecule has 0 N–H and O–H groups in total. The number of hydrogen-bond acceptors (Lipinski definition) is 4. The molecule has 1 aromatic heterocycles. The zero-order valence-electron chi connectivity index (χ0n) is 12.0. The van der Waals surface area contributed by atoms with E-state index < -0.39 is 5.97 Å². The van der Waals surface area contributed by atoms with E-state index in [4.69, 9.17) is 4.74 Å². The minimum absolute atomic E-state index is 0.0169. The molecule has 3 aromatic rings. The first-order valence-corrected chi connectivity index (χ1v) is 6.96. The average molecular weight is 294 g/mol. The van der Waals surface area contributed by atoms with E-state index >= 15 is 0 Å². The molecule has 22 heavy (non-hydrogen) atoms. The van der Waals surface area contributed by atoms with Gasteiger partial charge in [-0.05, 0) is 31.2 Å². The number of esters is 1. The highest BCUT2D eigenvalue weighted by Gasteiger charge is 2.19. The lowest BCUT2D eigenvalue weighted by Gasteiger charge is -2.12. The third-order valence-electron chi connectivity index (χ3n) is 3.25. The minimum Gasteiger partial charge on any atom is -0.460 e. The van der Waals surface area contributed by atoms with Crippen molar-refractivity contribution in [2.75, 3.05) is 6.61 Å². The van der Waals surface area contributed by atoms with E-state index in [2.05, 4.69) is 4.98 Å². The van der Waals surface area contributed by atoms with Crippen molar-refractivity contribution in [3.8, 4) is 5.69 Å². The number of carbonyl (C=O) groups excluding carboxylic acids is 1. The maximum absolute atomic E-state index is 12.8. The summed E-state index contributed by atoms with van der Waals surface area (Å²) < 4.78 is 6.32. The number of rotatable bonds is 3. The molecule has 5 nitrogen and oxygen atoms in total. The van der Waals surface area contributed by atoms with Crippen LogP contribution in [0.25, 0.3) is 16.6 Å². The Hall–Kier alpha value is -2.95. The first-order chi connectivity index (χ1) is 10.7. The maximum Gasteiger partial charge on any atom is 0.375 e. The predicted molar refractivity (Wildman–Crippen MR) is 83.3 cm³/mol. The van der Waals surface area contributed by atoms with Gasteiger partial charge in [0.2, 0.25) is 5.82 Å².